The lowest BCUT2D eigenvalue weighted by molar-refractivity contribution is -0.483. The summed E-state index contributed by atoms with van der Waals surface area (Å²) in [6.07, 6.45) is -22.6. The van der Waals surface area contributed by atoms with Gasteiger partial charge in [0.15, 0.2) is 0 Å². The first kappa shape index (κ1) is 20.2. The van der Waals surface area contributed by atoms with Crippen molar-refractivity contribution >= 4 is 0 Å². The lowest BCUT2D eigenvalue weighted by atomic mass is 10.1. The molecular weight excluding hydrogens is 333 g/mol. The number of halogens is 11. The van der Waals surface area contributed by atoms with Crippen LogP contribution in [0.5, 0.6) is 0 Å². The van der Waals surface area contributed by atoms with Crippen molar-refractivity contribution in [2.75, 3.05) is 0 Å². The molecule has 1 atom stereocenters. The Morgan fingerprint density at radius 3 is 1.43 bits per heavy atom. The topological polar surface area (TPSA) is 9.23 Å². The van der Waals surface area contributed by atoms with Gasteiger partial charge in [0, 0.05) is 6.42 Å². The lowest BCUT2D eigenvalue weighted by Crippen LogP contribution is -2.59. The van der Waals surface area contributed by atoms with Gasteiger partial charge in [-0.05, 0) is 6.42 Å². The first-order valence-corrected chi connectivity index (χ1v) is 5.30. The minimum absolute atomic E-state index is 0.174. The molecule has 0 radical (unpaired) electrons. The molecule has 0 amide bonds. The molecule has 0 saturated heterocycles. The maximum Gasteiger partial charge on any atom is 0.462 e. The molecule has 0 heterocycles. The highest BCUT2D eigenvalue weighted by atomic mass is 19.4. The highest BCUT2D eigenvalue weighted by Gasteiger charge is 2.78. The Morgan fingerprint density at radius 1 is 0.714 bits per heavy atom. The average molecular weight is 342 g/mol. The number of ether oxygens (including phenoxy) is 1. The smallest absolute Gasteiger partial charge is 0.269 e. The van der Waals surface area contributed by atoms with Crippen LogP contribution in [0.2, 0.25) is 0 Å². The molecule has 0 bridgehead atoms. The van der Waals surface area contributed by atoms with Crippen molar-refractivity contribution in [3.63, 3.8) is 0 Å². The predicted molar refractivity (Wildman–Crippen MR) is 46.5 cm³/mol. The van der Waals surface area contributed by atoms with Crippen LogP contribution in [-0.4, -0.2) is 30.2 Å². The van der Waals surface area contributed by atoms with Gasteiger partial charge in [-0.3, -0.25) is 4.74 Å². The zero-order chi connectivity index (χ0) is 17.3. The van der Waals surface area contributed by atoms with E-state index < -0.39 is 43.1 Å². The molecule has 0 spiro atoms. The number of hydrogen-bond acceptors (Lipinski definition) is 1. The quantitative estimate of drug-likeness (QED) is 0.602. The SMILES string of the molecule is CCCCC(F)(OC(F)(F)C(F)(F)C(F)(F)F)C(F)(F)F. The molecule has 1 unspecified atom stereocenters. The van der Waals surface area contributed by atoms with Crippen LogP contribution in [0.25, 0.3) is 0 Å². The summed E-state index contributed by atoms with van der Waals surface area (Å²) in [6, 6.07) is 0. The van der Waals surface area contributed by atoms with Crippen molar-refractivity contribution in [1.82, 2.24) is 0 Å². The molecule has 0 aliphatic rings. The molecule has 0 N–H and O–H groups in total. The molecule has 0 aliphatic heterocycles. The summed E-state index contributed by atoms with van der Waals surface area (Å²) in [4.78, 5) is 0. The summed E-state index contributed by atoms with van der Waals surface area (Å²) >= 11 is 0. The van der Waals surface area contributed by atoms with E-state index in [0.29, 0.717) is 0 Å². The van der Waals surface area contributed by atoms with Gasteiger partial charge in [-0.15, -0.1) is 0 Å². The molecule has 0 rings (SSSR count). The second-order valence-corrected chi connectivity index (χ2v) is 4.02. The Morgan fingerprint density at radius 2 is 1.14 bits per heavy atom. The third kappa shape index (κ3) is 4.10. The molecular formula is C9H9F11O. The van der Waals surface area contributed by atoms with Crippen molar-refractivity contribution in [3.05, 3.63) is 0 Å². The minimum Gasteiger partial charge on any atom is -0.269 e. The highest BCUT2D eigenvalue weighted by Crippen LogP contribution is 2.51. The van der Waals surface area contributed by atoms with E-state index >= 15 is 0 Å². The number of rotatable bonds is 6. The zero-order valence-corrected chi connectivity index (χ0v) is 10.2. The van der Waals surface area contributed by atoms with Crippen molar-refractivity contribution in [1.29, 1.82) is 0 Å². The summed E-state index contributed by atoms with van der Waals surface area (Å²) in [5.41, 5.74) is 0. The van der Waals surface area contributed by atoms with E-state index in [1.54, 1.807) is 0 Å². The van der Waals surface area contributed by atoms with Crippen molar-refractivity contribution in [3.8, 4) is 0 Å². The van der Waals surface area contributed by atoms with Crippen LogP contribution in [0.4, 0.5) is 48.3 Å². The normalized spacial score (nSPS) is 17.7. The Labute approximate surface area is 111 Å². The van der Waals surface area contributed by atoms with Gasteiger partial charge in [-0.25, -0.2) is 4.39 Å². The van der Waals surface area contributed by atoms with Gasteiger partial charge in [0.05, 0.1) is 0 Å². The van der Waals surface area contributed by atoms with Crippen molar-refractivity contribution in [2.24, 2.45) is 0 Å². The van der Waals surface area contributed by atoms with E-state index in [1.807, 2.05) is 0 Å². The second kappa shape index (κ2) is 5.76. The van der Waals surface area contributed by atoms with Gasteiger partial charge >= 0.3 is 30.2 Å². The summed E-state index contributed by atoms with van der Waals surface area (Å²) < 4.78 is 138. The lowest BCUT2D eigenvalue weighted by Gasteiger charge is -2.35. The van der Waals surface area contributed by atoms with E-state index in [2.05, 4.69) is 4.74 Å². The van der Waals surface area contributed by atoms with Crippen LogP contribution < -0.4 is 0 Å². The van der Waals surface area contributed by atoms with E-state index in [9.17, 15) is 48.3 Å². The van der Waals surface area contributed by atoms with Crippen LogP contribution in [0, 0.1) is 0 Å². The molecule has 0 aromatic heterocycles. The standard InChI is InChI=1S/C9H9F11O/c1-2-3-4-5(10,7(13,14)15)21-9(19,20)6(11,12)8(16,17)18/h2-4H2,1H3. The fraction of sp³-hybridized carbons (Fsp3) is 1.00. The maximum atomic E-state index is 13.4. The maximum absolute atomic E-state index is 13.4. The van der Waals surface area contributed by atoms with Crippen molar-refractivity contribution in [2.45, 2.75) is 56.4 Å². The Balaban J connectivity index is 5.53. The third-order valence-corrected chi connectivity index (χ3v) is 2.29. The largest absolute Gasteiger partial charge is 0.462 e. The molecule has 128 valence electrons. The van der Waals surface area contributed by atoms with E-state index in [4.69, 9.17) is 0 Å². The molecule has 0 saturated carbocycles. The van der Waals surface area contributed by atoms with Gasteiger partial charge in [-0.1, -0.05) is 13.3 Å². The molecule has 1 nitrogen and oxygen atoms in total. The Kier molecular flexibility index (Phi) is 5.54. The molecule has 0 aromatic rings. The molecule has 0 aliphatic carbocycles. The van der Waals surface area contributed by atoms with Crippen molar-refractivity contribution < 1.29 is 53.0 Å². The fourth-order valence-electron chi connectivity index (χ4n) is 1.09. The van der Waals surface area contributed by atoms with E-state index in [1.165, 1.54) is 6.92 Å². The molecule has 12 heteroatoms. The minimum atomic E-state index is -6.99. The third-order valence-electron chi connectivity index (χ3n) is 2.29. The van der Waals surface area contributed by atoms with Gasteiger partial charge in [0.1, 0.15) is 0 Å². The van der Waals surface area contributed by atoms with Gasteiger partial charge < -0.3 is 0 Å². The van der Waals surface area contributed by atoms with Crippen LogP contribution in [0.3, 0.4) is 0 Å². The van der Waals surface area contributed by atoms with Crippen LogP contribution in [-0.2, 0) is 4.74 Å². The average Bonchev–Trinajstić information content (AvgIpc) is 2.22. The molecule has 21 heavy (non-hydrogen) atoms. The number of alkyl halides is 11. The fourth-order valence-corrected chi connectivity index (χ4v) is 1.09. The predicted octanol–water partition coefficient (Wildman–Crippen LogP) is 5.21. The Hall–Kier alpha value is -0.810. The molecule has 0 fully saturated rings. The van der Waals surface area contributed by atoms with E-state index in [0.717, 1.165) is 0 Å². The van der Waals surface area contributed by atoms with Gasteiger partial charge in [0.2, 0.25) is 0 Å². The van der Waals surface area contributed by atoms with Crippen LogP contribution in [0.15, 0.2) is 0 Å². The summed E-state index contributed by atoms with van der Waals surface area (Å²) in [5.74, 6) is -12.3. The first-order valence-electron chi connectivity index (χ1n) is 5.30. The zero-order valence-electron chi connectivity index (χ0n) is 10.2. The van der Waals surface area contributed by atoms with Crippen LogP contribution >= 0.6 is 0 Å². The van der Waals surface area contributed by atoms with Gasteiger partial charge in [0.25, 0.3) is 0 Å². The Bertz CT molecular complexity index is 345. The summed E-state index contributed by atoms with van der Waals surface area (Å²) in [7, 11) is 0. The first-order chi connectivity index (χ1) is 9.02. The van der Waals surface area contributed by atoms with Crippen LogP contribution in [0.1, 0.15) is 26.2 Å². The number of unbranched alkanes of at least 4 members (excludes halogenated alkanes) is 1. The van der Waals surface area contributed by atoms with Gasteiger partial charge in [-0.2, -0.15) is 43.9 Å². The summed E-state index contributed by atoms with van der Waals surface area (Å²) in [5, 5.41) is 0. The monoisotopic (exact) mass is 342 g/mol. The highest BCUT2D eigenvalue weighted by molar-refractivity contribution is 4.89. The number of hydrogen-bond donors (Lipinski definition) is 0. The summed E-state index contributed by atoms with van der Waals surface area (Å²) in [6.45, 7) is 1.21. The second-order valence-electron chi connectivity index (χ2n) is 4.02. The van der Waals surface area contributed by atoms with E-state index in [-0.39, 0.29) is 6.42 Å². The molecule has 0 aromatic carbocycles.